The van der Waals surface area contributed by atoms with Crippen LogP contribution in [-0.2, 0) is 64.0 Å². The second-order valence-electron chi connectivity index (χ2n) is 17.3. The molecule has 1 unspecified atom stereocenters. The molecule has 2 rings (SSSR count). The van der Waals surface area contributed by atoms with Crippen molar-refractivity contribution in [2.24, 2.45) is 23.5 Å². The van der Waals surface area contributed by atoms with Crippen molar-refractivity contribution in [1.29, 1.82) is 0 Å². The van der Waals surface area contributed by atoms with E-state index in [0.29, 0.717) is 63.3 Å². The van der Waals surface area contributed by atoms with Gasteiger partial charge in [0, 0.05) is 77.6 Å². The number of unbranched alkanes of at least 4 members (excludes halogenated alkanes) is 1. The van der Waals surface area contributed by atoms with Gasteiger partial charge < -0.3 is 57.0 Å². The standard InChI is InChI=1S/C47H74N8O14S/c1-30(2)23-38(54-41(60)15-14-37(52-31(3)57)45(64)49-17-8-20-68-22-21-67-4)39(59)25-34(28-56)43(62)51-27-36(58)24-33(9-6-7-16-48)44(63)53-35-12-10-32(11-13-35)29-69-47(66)50-18-19-55-42(61)26-40(70-5)46(55)65/h10-13,30,33-34,37-38,40,56H,6-9,14-29,48H2,1-5H3,(H,49,64)(H,50,66)(H,51,62)(H,52,57)(H,53,63)(H,54,60)/t33-,34+,37+,38+,40?/m1/s1. The first-order valence-corrected chi connectivity index (χ1v) is 24.9. The molecular weight excluding hydrogens is 933 g/mol. The van der Waals surface area contributed by atoms with Crippen molar-refractivity contribution in [3.63, 3.8) is 0 Å². The predicted octanol–water partition coefficient (Wildman–Crippen LogP) is 0.715. The first kappa shape index (κ1) is 60.6. The van der Waals surface area contributed by atoms with Crippen LogP contribution in [0.2, 0.25) is 0 Å². The van der Waals surface area contributed by atoms with E-state index >= 15 is 0 Å². The number of amides is 8. The van der Waals surface area contributed by atoms with Gasteiger partial charge in [-0.25, -0.2) is 4.79 Å². The molecule has 1 heterocycles. The molecule has 23 heteroatoms. The summed E-state index contributed by atoms with van der Waals surface area (Å²) in [5.74, 6) is -6.38. The van der Waals surface area contributed by atoms with Crippen molar-refractivity contribution in [2.45, 2.75) is 109 Å². The number of aliphatic hydroxyl groups is 1. The second kappa shape index (κ2) is 33.9. The zero-order chi connectivity index (χ0) is 52.0. The maximum absolute atomic E-state index is 13.5. The fourth-order valence-electron chi connectivity index (χ4n) is 7.19. The minimum atomic E-state index is -1.25. The van der Waals surface area contributed by atoms with E-state index in [0.717, 1.165) is 4.90 Å². The van der Waals surface area contributed by atoms with Crippen LogP contribution in [0.5, 0.6) is 0 Å². The smallest absolute Gasteiger partial charge is 0.407 e. The summed E-state index contributed by atoms with van der Waals surface area (Å²) in [6.07, 6.45) is 2.42. The third-order valence-electron chi connectivity index (χ3n) is 11.0. The van der Waals surface area contributed by atoms with Crippen LogP contribution >= 0.6 is 11.8 Å². The monoisotopic (exact) mass is 1010 g/mol. The molecule has 0 aliphatic carbocycles. The van der Waals surface area contributed by atoms with Crippen LogP contribution in [0.3, 0.4) is 0 Å². The van der Waals surface area contributed by atoms with E-state index < -0.39 is 95.9 Å². The molecule has 392 valence electrons. The Morgan fingerprint density at radius 2 is 1.57 bits per heavy atom. The van der Waals surface area contributed by atoms with E-state index in [-0.39, 0.29) is 76.1 Å². The van der Waals surface area contributed by atoms with Gasteiger partial charge in [-0.1, -0.05) is 32.4 Å². The third kappa shape index (κ3) is 23.9. The van der Waals surface area contributed by atoms with E-state index in [9.17, 15) is 53.1 Å². The van der Waals surface area contributed by atoms with Crippen molar-refractivity contribution >= 4 is 76.5 Å². The highest BCUT2D eigenvalue weighted by molar-refractivity contribution is 8.00. The van der Waals surface area contributed by atoms with Crippen molar-refractivity contribution in [1.82, 2.24) is 31.5 Å². The van der Waals surface area contributed by atoms with Crippen molar-refractivity contribution < 1.29 is 67.3 Å². The molecule has 0 bridgehead atoms. The molecule has 1 aliphatic heterocycles. The maximum atomic E-state index is 13.5. The quantitative estimate of drug-likeness (QED) is 0.0339. The minimum Gasteiger partial charge on any atom is -0.445 e. The van der Waals surface area contributed by atoms with E-state index in [1.54, 1.807) is 37.6 Å². The number of aliphatic hydroxyl groups excluding tert-OH is 1. The molecule has 1 saturated heterocycles. The number of carbonyl (C=O) groups excluding carboxylic acids is 10. The molecule has 1 fully saturated rings. The molecule has 1 aromatic carbocycles. The van der Waals surface area contributed by atoms with Crippen LogP contribution in [0.25, 0.3) is 0 Å². The number of likely N-dealkylation sites (tertiary alicyclic amines) is 1. The highest BCUT2D eigenvalue weighted by Gasteiger charge is 2.37. The first-order chi connectivity index (χ1) is 33.4. The number of thioether (sulfide) groups is 1. The number of nitrogens with zero attached hydrogens (tertiary/aromatic N) is 1. The third-order valence-corrected chi connectivity index (χ3v) is 12.0. The number of imide groups is 1. The number of alkyl carbamates (subject to hydrolysis) is 1. The van der Waals surface area contributed by atoms with E-state index in [4.69, 9.17) is 19.9 Å². The highest BCUT2D eigenvalue weighted by Crippen LogP contribution is 2.23. The number of benzene rings is 1. The highest BCUT2D eigenvalue weighted by atomic mass is 32.2. The molecule has 0 radical (unpaired) electrons. The van der Waals surface area contributed by atoms with Gasteiger partial charge >= 0.3 is 6.09 Å². The normalized spacial score (nSPS) is 15.1. The lowest BCUT2D eigenvalue weighted by molar-refractivity contribution is -0.138. The summed E-state index contributed by atoms with van der Waals surface area (Å²) >= 11 is 1.30. The summed E-state index contributed by atoms with van der Waals surface area (Å²) in [6, 6.07) is 4.44. The largest absolute Gasteiger partial charge is 0.445 e. The molecule has 1 aliphatic rings. The molecule has 22 nitrogen and oxygen atoms in total. The van der Waals surface area contributed by atoms with Crippen LogP contribution in [0.15, 0.2) is 24.3 Å². The summed E-state index contributed by atoms with van der Waals surface area (Å²) in [5, 5.41) is 25.4. The van der Waals surface area contributed by atoms with Gasteiger partial charge in [-0.3, -0.25) is 48.1 Å². The Kier molecular flexibility index (Phi) is 29.4. The lowest BCUT2D eigenvalue weighted by Gasteiger charge is -2.23. The summed E-state index contributed by atoms with van der Waals surface area (Å²) in [7, 11) is 1.56. The van der Waals surface area contributed by atoms with Gasteiger partial charge in [-0.2, -0.15) is 11.8 Å². The number of rotatable bonds is 36. The van der Waals surface area contributed by atoms with Crippen molar-refractivity contribution in [2.75, 3.05) is 77.8 Å². The predicted molar refractivity (Wildman–Crippen MR) is 260 cm³/mol. The van der Waals surface area contributed by atoms with Gasteiger partial charge in [0.15, 0.2) is 11.6 Å². The van der Waals surface area contributed by atoms with E-state index in [1.165, 1.54) is 18.7 Å². The number of nitrogens with one attached hydrogen (secondary N) is 6. The summed E-state index contributed by atoms with van der Waals surface area (Å²) in [6.45, 7) is 5.59. The molecule has 0 spiro atoms. The van der Waals surface area contributed by atoms with E-state index in [2.05, 4.69) is 31.9 Å². The number of ether oxygens (including phenoxy) is 3. The van der Waals surface area contributed by atoms with Gasteiger partial charge in [0.25, 0.3) is 0 Å². The van der Waals surface area contributed by atoms with Gasteiger partial charge in [-0.15, -0.1) is 0 Å². The molecule has 0 aromatic heterocycles. The van der Waals surface area contributed by atoms with Crippen LogP contribution in [0.1, 0.15) is 90.5 Å². The summed E-state index contributed by atoms with van der Waals surface area (Å²) < 4.78 is 15.5. The number of hydrogen-bond acceptors (Lipinski definition) is 16. The minimum absolute atomic E-state index is 0.0294. The number of hydrogen-bond donors (Lipinski definition) is 8. The average Bonchev–Trinajstić information content (AvgIpc) is 3.60. The number of anilines is 1. The average molecular weight is 1010 g/mol. The molecule has 1 aromatic rings. The Morgan fingerprint density at radius 1 is 0.843 bits per heavy atom. The summed E-state index contributed by atoms with van der Waals surface area (Å²) in [4.78, 5) is 129. The molecule has 8 amide bonds. The molecule has 9 N–H and O–H groups in total. The lowest BCUT2D eigenvalue weighted by atomic mass is 9.92. The number of nitrogens with two attached hydrogens (primary N) is 1. The Hall–Kier alpha value is -5.49. The number of methoxy groups -OCH3 is 1. The summed E-state index contributed by atoms with van der Waals surface area (Å²) in [5.41, 5.74) is 6.69. The number of Topliss-reactive ketones (excluding diaryl/α,β-unsaturated/α-hetero) is 2. The Morgan fingerprint density at radius 3 is 2.20 bits per heavy atom. The molecule has 5 atom stereocenters. The topological polar surface area (TPSA) is 320 Å². The molecule has 70 heavy (non-hydrogen) atoms. The van der Waals surface area contributed by atoms with Gasteiger partial charge in [0.2, 0.25) is 41.4 Å². The van der Waals surface area contributed by atoms with Gasteiger partial charge in [-0.05, 0) is 68.5 Å². The Labute approximate surface area is 414 Å². The van der Waals surface area contributed by atoms with Gasteiger partial charge in [0.05, 0.1) is 43.6 Å². The van der Waals surface area contributed by atoms with E-state index in [1.807, 2.05) is 13.8 Å². The van der Waals surface area contributed by atoms with Crippen molar-refractivity contribution in [3.05, 3.63) is 29.8 Å². The zero-order valence-electron chi connectivity index (χ0n) is 41.1. The Balaban J connectivity index is 1.90. The van der Waals surface area contributed by atoms with Crippen molar-refractivity contribution in [3.8, 4) is 0 Å². The SMILES string of the molecule is COCCOCCCNC(=O)[C@H](CCC(=O)N[C@@H](CC(C)C)C(=O)C[C@@H](CO)C(=O)NCC(=O)C[C@@H](CCCCN)C(=O)Nc1ccc(COC(=O)NCCN2C(=O)CC(SC)C2=O)cc1)NC(C)=O. The van der Waals surface area contributed by atoms with Gasteiger partial charge in [0.1, 0.15) is 12.6 Å². The number of ketones is 2. The zero-order valence-corrected chi connectivity index (χ0v) is 41.9. The second-order valence-corrected chi connectivity index (χ2v) is 18.3. The van der Waals surface area contributed by atoms with Crippen LogP contribution in [-0.4, -0.2) is 159 Å². The molecule has 0 saturated carbocycles. The van der Waals surface area contributed by atoms with Crippen LogP contribution < -0.4 is 37.6 Å². The number of carbonyl (C=O) groups is 10. The van der Waals surface area contributed by atoms with Crippen LogP contribution in [0, 0.1) is 17.8 Å². The fourth-order valence-corrected chi connectivity index (χ4v) is 7.82. The lowest BCUT2D eigenvalue weighted by Crippen LogP contribution is -2.48. The first-order valence-electron chi connectivity index (χ1n) is 23.6. The Bertz CT molecular complexity index is 1890. The maximum Gasteiger partial charge on any atom is 0.407 e. The molecular formula is C47H74N8O14S. The van der Waals surface area contributed by atoms with Crippen LogP contribution in [0.4, 0.5) is 10.5 Å². The fraction of sp³-hybridized carbons (Fsp3) is 0.660.